The van der Waals surface area contributed by atoms with Crippen LogP contribution in [0.15, 0.2) is 11.1 Å². The van der Waals surface area contributed by atoms with Crippen LogP contribution in [0.3, 0.4) is 0 Å². The van der Waals surface area contributed by atoms with Crippen LogP contribution in [0.5, 0.6) is 0 Å². The number of nitrogens with zero attached hydrogens (tertiary/aromatic N) is 1. The van der Waals surface area contributed by atoms with Gasteiger partial charge < -0.3 is 5.32 Å². The van der Waals surface area contributed by atoms with Crippen LogP contribution in [0.4, 0.5) is 0 Å². The van der Waals surface area contributed by atoms with Gasteiger partial charge in [0.05, 0.1) is 11.9 Å². The van der Waals surface area contributed by atoms with Gasteiger partial charge >= 0.3 is 0 Å². The number of nitriles is 1. The molecule has 0 fully saturated rings. The highest BCUT2D eigenvalue weighted by atomic mass is 32.2. The third-order valence-electron chi connectivity index (χ3n) is 1.22. The molecule has 0 radical (unpaired) electrons. The smallest absolute Gasteiger partial charge is 0.0649 e. The summed E-state index contributed by atoms with van der Waals surface area (Å²) >= 11 is 3.60. The average molecular weight is 186 g/mol. The van der Waals surface area contributed by atoms with Gasteiger partial charge in [-0.2, -0.15) is 17.0 Å². The summed E-state index contributed by atoms with van der Waals surface area (Å²) in [5.41, 5.74) is 1.30. The van der Waals surface area contributed by atoms with Crippen LogP contribution in [0, 0.1) is 11.3 Å². The highest BCUT2D eigenvalue weighted by Gasteiger charge is 2.02. The first kappa shape index (κ1) is 8.82. The summed E-state index contributed by atoms with van der Waals surface area (Å²) in [7, 11) is 0. The van der Waals surface area contributed by atoms with Crippen molar-refractivity contribution in [2.24, 2.45) is 0 Å². The van der Waals surface area contributed by atoms with E-state index < -0.39 is 0 Å². The van der Waals surface area contributed by atoms with Crippen LogP contribution in [0.2, 0.25) is 0 Å². The lowest BCUT2D eigenvalue weighted by atomic mass is 10.6. The lowest BCUT2D eigenvalue weighted by molar-refractivity contribution is 0.988. The molecule has 0 bridgehead atoms. The molecular formula is C7H10N2S2. The molecule has 2 nitrogen and oxygen atoms in total. The first-order chi connectivity index (χ1) is 5.43. The molecule has 0 atom stereocenters. The van der Waals surface area contributed by atoms with Gasteiger partial charge in [0.15, 0.2) is 0 Å². The SMILES string of the molecule is N#CCCSCC1=CSCN1. The van der Waals surface area contributed by atoms with Crippen molar-refractivity contribution in [2.75, 3.05) is 17.4 Å². The molecule has 1 aliphatic rings. The summed E-state index contributed by atoms with van der Waals surface area (Å²) in [6.07, 6.45) is 0.658. The second kappa shape index (κ2) is 5.39. The molecule has 1 rings (SSSR count). The molecule has 0 aromatic rings. The molecule has 4 heteroatoms. The molecule has 1 aliphatic heterocycles. The van der Waals surface area contributed by atoms with E-state index in [0.717, 1.165) is 17.4 Å². The van der Waals surface area contributed by atoms with Crippen LogP contribution in [-0.4, -0.2) is 17.4 Å². The number of hydrogen-bond acceptors (Lipinski definition) is 4. The summed E-state index contributed by atoms with van der Waals surface area (Å²) in [5.74, 6) is 2.98. The predicted molar refractivity (Wildman–Crippen MR) is 51.2 cm³/mol. The van der Waals surface area contributed by atoms with Gasteiger partial charge in [-0.05, 0) is 5.41 Å². The third-order valence-corrected chi connectivity index (χ3v) is 2.99. The van der Waals surface area contributed by atoms with E-state index >= 15 is 0 Å². The van der Waals surface area contributed by atoms with Crippen molar-refractivity contribution in [1.82, 2.24) is 5.32 Å². The summed E-state index contributed by atoms with van der Waals surface area (Å²) in [4.78, 5) is 0. The fourth-order valence-corrected chi connectivity index (χ4v) is 2.31. The van der Waals surface area contributed by atoms with E-state index in [1.54, 1.807) is 11.8 Å². The Morgan fingerprint density at radius 2 is 2.73 bits per heavy atom. The van der Waals surface area contributed by atoms with Crippen LogP contribution in [0.25, 0.3) is 0 Å². The minimum atomic E-state index is 0.658. The van der Waals surface area contributed by atoms with Crippen LogP contribution in [0.1, 0.15) is 6.42 Å². The maximum Gasteiger partial charge on any atom is 0.0649 e. The normalized spacial score (nSPS) is 15.4. The maximum atomic E-state index is 8.26. The van der Waals surface area contributed by atoms with Crippen molar-refractivity contribution >= 4 is 23.5 Å². The van der Waals surface area contributed by atoms with Gasteiger partial charge in [-0.25, -0.2) is 0 Å². The largest absolute Gasteiger partial charge is 0.378 e. The first-order valence-corrected chi connectivity index (χ1v) is 5.63. The predicted octanol–water partition coefficient (Wildman–Crippen LogP) is 1.77. The Labute approximate surface area is 75.4 Å². The molecule has 1 heterocycles. The van der Waals surface area contributed by atoms with Crippen molar-refractivity contribution < 1.29 is 0 Å². The molecule has 0 amide bonds. The Balaban J connectivity index is 1.99. The van der Waals surface area contributed by atoms with E-state index in [0.29, 0.717) is 6.42 Å². The Hall–Kier alpha value is -0.270. The van der Waals surface area contributed by atoms with E-state index in [4.69, 9.17) is 5.26 Å². The van der Waals surface area contributed by atoms with Crippen LogP contribution >= 0.6 is 23.5 Å². The van der Waals surface area contributed by atoms with Gasteiger partial charge in [0.2, 0.25) is 0 Å². The number of rotatable bonds is 4. The topological polar surface area (TPSA) is 35.8 Å². The van der Waals surface area contributed by atoms with Crippen molar-refractivity contribution in [3.8, 4) is 6.07 Å². The van der Waals surface area contributed by atoms with E-state index in [2.05, 4.69) is 16.8 Å². The molecule has 0 saturated carbocycles. The van der Waals surface area contributed by atoms with Crippen molar-refractivity contribution in [3.05, 3.63) is 11.1 Å². The second-order valence-corrected chi connectivity index (χ2v) is 4.05. The van der Waals surface area contributed by atoms with Gasteiger partial charge in [0.25, 0.3) is 0 Å². The van der Waals surface area contributed by atoms with E-state index in [-0.39, 0.29) is 0 Å². The Morgan fingerprint density at radius 1 is 1.82 bits per heavy atom. The van der Waals surface area contributed by atoms with Gasteiger partial charge in [-0.15, -0.1) is 11.8 Å². The van der Waals surface area contributed by atoms with Crippen LogP contribution < -0.4 is 5.32 Å². The zero-order valence-corrected chi connectivity index (χ0v) is 7.80. The molecule has 11 heavy (non-hydrogen) atoms. The monoisotopic (exact) mass is 186 g/mol. The number of thioether (sulfide) groups is 2. The lowest BCUT2D eigenvalue weighted by Crippen LogP contribution is -2.08. The number of hydrogen-bond donors (Lipinski definition) is 1. The summed E-state index contributed by atoms with van der Waals surface area (Å²) < 4.78 is 0. The van der Waals surface area contributed by atoms with Crippen molar-refractivity contribution in [2.45, 2.75) is 6.42 Å². The third kappa shape index (κ3) is 3.59. The molecule has 0 aromatic heterocycles. The van der Waals surface area contributed by atoms with E-state index in [1.807, 2.05) is 11.8 Å². The minimum absolute atomic E-state index is 0.658. The summed E-state index contributed by atoms with van der Waals surface area (Å²) in [6, 6.07) is 2.13. The molecule has 0 aromatic carbocycles. The standard InChI is InChI=1S/C7H10N2S2/c8-2-1-3-10-4-7-5-11-6-9-7/h5,9H,1,3-4,6H2. The highest BCUT2D eigenvalue weighted by Crippen LogP contribution is 2.16. The highest BCUT2D eigenvalue weighted by molar-refractivity contribution is 8.02. The van der Waals surface area contributed by atoms with Crippen molar-refractivity contribution in [1.29, 1.82) is 5.26 Å². The van der Waals surface area contributed by atoms with Gasteiger partial charge in [-0.1, -0.05) is 0 Å². The Morgan fingerprint density at radius 3 is 3.36 bits per heavy atom. The fraction of sp³-hybridized carbons (Fsp3) is 0.571. The fourth-order valence-electron chi connectivity index (χ4n) is 0.703. The minimum Gasteiger partial charge on any atom is -0.378 e. The molecule has 0 spiro atoms. The maximum absolute atomic E-state index is 8.26. The van der Waals surface area contributed by atoms with E-state index in [9.17, 15) is 0 Å². The Kier molecular flexibility index (Phi) is 4.32. The molecule has 60 valence electrons. The van der Waals surface area contributed by atoms with Gasteiger partial charge in [0, 0.05) is 23.6 Å². The molecule has 0 saturated heterocycles. The summed E-state index contributed by atoms with van der Waals surface area (Å²) in [5, 5.41) is 13.7. The average Bonchev–Trinajstić information content (AvgIpc) is 2.50. The quantitative estimate of drug-likeness (QED) is 0.679. The number of nitrogens with one attached hydrogen (secondary N) is 1. The van der Waals surface area contributed by atoms with Gasteiger partial charge in [0.1, 0.15) is 0 Å². The lowest BCUT2D eigenvalue weighted by Gasteiger charge is -2.00. The molecule has 1 N–H and O–H groups in total. The molecule has 0 aliphatic carbocycles. The Bertz CT molecular complexity index is 183. The van der Waals surface area contributed by atoms with Gasteiger partial charge in [-0.3, -0.25) is 0 Å². The van der Waals surface area contributed by atoms with Crippen LogP contribution in [-0.2, 0) is 0 Å². The summed E-state index contributed by atoms with van der Waals surface area (Å²) in [6.45, 7) is 0. The second-order valence-electron chi connectivity index (χ2n) is 2.09. The zero-order chi connectivity index (χ0) is 7.94. The molecular weight excluding hydrogens is 176 g/mol. The van der Waals surface area contributed by atoms with E-state index in [1.165, 1.54) is 5.70 Å². The zero-order valence-electron chi connectivity index (χ0n) is 6.17. The molecule has 0 unspecified atom stereocenters. The first-order valence-electron chi connectivity index (χ1n) is 3.42. The van der Waals surface area contributed by atoms with Crippen molar-refractivity contribution in [3.63, 3.8) is 0 Å².